The normalized spacial score (nSPS) is 14.6. The van der Waals surface area contributed by atoms with Crippen LogP contribution in [0.4, 0.5) is 16.2 Å². The third kappa shape index (κ3) is 6.02. The van der Waals surface area contributed by atoms with Crippen LogP contribution in [0, 0.1) is 10.1 Å². The summed E-state index contributed by atoms with van der Waals surface area (Å²) in [5.74, 6) is -2.60. The van der Waals surface area contributed by atoms with Crippen LogP contribution in [-0.4, -0.2) is 28.7 Å². The molecule has 1 fully saturated rings. The number of ether oxygens (including phenoxy) is 1. The zero-order chi connectivity index (χ0) is 27.4. The van der Waals surface area contributed by atoms with Gasteiger partial charge in [-0.15, -0.1) is 0 Å². The number of nitrogens with zero attached hydrogens (tertiary/aromatic N) is 2. The van der Waals surface area contributed by atoms with Crippen molar-refractivity contribution in [1.29, 1.82) is 0 Å². The van der Waals surface area contributed by atoms with E-state index < -0.39 is 28.7 Å². The Balaban J connectivity index is 1.62. The minimum absolute atomic E-state index is 0.0185. The van der Waals surface area contributed by atoms with Crippen molar-refractivity contribution in [3.63, 3.8) is 0 Å². The van der Waals surface area contributed by atoms with Crippen molar-refractivity contribution in [3.05, 3.63) is 109 Å². The van der Waals surface area contributed by atoms with Crippen LogP contribution in [0.1, 0.15) is 11.1 Å². The fourth-order valence-electron chi connectivity index (χ4n) is 3.41. The number of rotatable bonds is 6. The summed E-state index contributed by atoms with van der Waals surface area (Å²) in [6.07, 6.45) is 3.63. The highest BCUT2D eigenvalue weighted by Crippen LogP contribution is 2.29. The molecule has 0 aliphatic carbocycles. The van der Waals surface area contributed by atoms with Crippen molar-refractivity contribution in [1.82, 2.24) is 5.32 Å². The van der Waals surface area contributed by atoms with Crippen LogP contribution >= 0.6 is 27.5 Å². The van der Waals surface area contributed by atoms with Gasteiger partial charge in [-0.05, 0) is 60.2 Å². The van der Waals surface area contributed by atoms with Gasteiger partial charge in [0, 0.05) is 33.3 Å². The quantitative estimate of drug-likeness (QED) is 0.102. The number of imide groups is 2. The first-order valence-corrected chi connectivity index (χ1v) is 11.9. The molecule has 0 atom stereocenters. The average molecular weight is 597 g/mol. The molecule has 190 valence electrons. The summed E-state index contributed by atoms with van der Waals surface area (Å²) in [4.78, 5) is 61.8. The molecule has 0 saturated carbocycles. The van der Waals surface area contributed by atoms with E-state index in [0.29, 0.717) is 15.1 Å². The molecule has 1 N–H and O–H groups in total. The van der Waals surface area contributed by atoms with Crippen molar-refractivity contribution in [3.8, 4) is 5.75 Å². The van der Waals surface area contributed by atoms with E-state index in [-0.39, 0.29) is 28.3 Å². The lowest BCUT2D eigenvalue weighted by molar-refractivity contribution is -0.384. The fraction of sp³-hybridized carbons (Fsp3) is 0. The minimum Gasteiger partial charge on any atom is -0.423 e. The molecule has 10 nitrogen and oxygen atoms in total. The molecule has 0 aromatic heterocycles. The molecule has 3 aromatic carbocycles. The maximum atomic E-state index is 13.2. The van der Waals surface area contributed by atoms with Gasteiger partial charge in [-0.1, -0.05) is 39.7 Å². The first-order valence-electron chi connectivity index (χ1n) is 10.7. The third-order valence-electron chi connectivity index (χ3n) is 5.16. The number of anilines is 1. The zero-order valence-electron chi connectivity index (χ0n) is 19.1. The van der Waals surface area contributed by atoms with E-state index in [1.165, 1.54) is 66.7 Å². The minimum atomic E-state index is -0.924. The van der Waals surface area contributed by atoms with E-state index in [0.717, 1.165) is 11.0 Å². The molecule has 1 heterocycles. The lowest BCUT2D eigenvalue weighted by atomic mass is 10.1. The van der Waals surface area contributed by atoms with E-state index >= 15 is 0 Å². The van der Waals surface area contributed by atoms with Gasteiger partial charge in [0.25, 0.3) is 17.5 Å². The SMILES string of the molecule is O=C(/C=C/c1cccc([N+](=O)[O-])c1)Oc1ccc(Br)cc1/C=C1/C(=O)NC(=O)N(c2ccc(Cl)cc2)C1=O. The number of carbonyl (C=O) groups is 4. The number of barbiturate groups is 1. The van der Waals surface area contributed by atoms with E-state index in [1.54, 1.807) is 12.1 Å². The Kier molecular flexibility index (Phi) is 7.79. The largest absolute Gasteiger partial charge is 0.423 e. The maximum absolute atomic E-state index is 13.2. The van der Waals surface area contributed by atoms with Crippen LogP contribution < -0.4 is 15.0 Å². The highest BCUT2D eigenvalue weighted by Gasteiger charge is 2.37. The molecule has 1 aliphatic heterocycles. The number of carbonyl (C=O) groups excluding carboxylic acids is 4. The summed E-state index contributed by atoms with van der Waals surface area (Å²) < 4.78 is 5.96. The second kappa shape index (κ2) is 11.2. The smallest absolute Gasteiger partial charge is 0.336 e. The molecule has 0 spiro atoms. The van der Waals surface area contributed by atoms with Gasteiger partial charge in [-0.2, -0.15) is 0 Å². The first kappa shape index (κ1) is 26.5. The van der Waals surface area contributed by atoms with E-state index in [4.69, 9.17) is 16.3 Å². The second-order valence-electron chi connectivity index (χ2n) is 7.72. The summed E-state index contributed by atoms with van der Waals surface area (Å²) >= 11 is 9.19. The standard InChI is InChI=1S/C26H15BrClN3O7/c27-17-5-10-22(38-23(32)11-4-15-2-1-3-20(12-15)31(36)37)16(13-17)14-21-24(33)29-26(35)30(25(21)34)19-8-6-18(28)7-9-19/h1-14H,(H,29,33,35)/b11-4+,21-14-. The van der Waals surface area contributed by atoms with Gasteiger partial charge in [-0.3, -0.25) is 25.0 Å². The number of hydrogen-bond donors (Lipinski definition) is 1. The first-order chi connectivity index (χ1) is 18.1. The number of halogens is 2. The van der Waals surface area contributed by atoms with Crippen LogP contribution in [0.15, 0.2) is 82.9 Å². The van der Waals surface area contributed by atoms with Crippen molar-refractivity contribution in [2.45, 2.75) is 0 Å². The van der Waals surface area contributed by atoms with Gasteiger partial charge in [0.15, 0.2) is 0 Å². The van der Waals surface area contributed by atoms with Crippen molar-refractivity contribution >= 4 is 74.9 Å². The molecule has 38 heavy (non-hydrogen) atoms. The van der Waals surface area contributed by atoms with E-state index in [9.17, 15) is 29.3 Å². The summed E-state index contributed by atoms with van der Waals surface area (Å²) in [7, 11) is 0. The predicted octanol–water partition coefficient (Wildman–Crippen LogP) is 5.30. The Labute approximate surface area is 228 Å². The van der Waals surface area contributed by atoms with Gasteiger partial charge >= 0.3 is 12.0 Å². The third-order valence-corrected chi connectivity index (χ3v) is 5.91. The van der Waals surface area contributed by atoms with Crippen LogP contribution in [0.3, 0.4) is 0 Å². The average Bonchev–Trinajstić information content (AvgIpc) is 2.88. The Morgan fingerprint density at radius 2 is 1.79 bits per heavy atom. The predicted molar refractivity (Wildman–Crippen MR) is 142 cm³/mol. The molecular weight excluding hydrogens is 582 g/mol. The second-order valence-corrected chi connectivity index (χ2v) is 9.08. The van der Waals surface area contributed by atoms with Crippen molar-refractivity contribution in [2.75, 3.05) is 4.90 Å². The van der Waals surface area contributed by atoms with Gasteiger partial charge in [-0.25, -0.2) is 14.5 Å². The number of hydrogen-bond acceptors (Lipinski definition) is 7. The van der Waals surface area contributed by atoms with Gasteiger partial charge in [0.2, 0.25) is 0 Å². The zero-order valence-corrected chi connectivity index (χ0v) is 21.4. The summed E-state index contributed by atoms with van der Waals surface area (Å²) in [6, 6.07) is 15.2. The monoisotopic (exact) mass is 595 g/mol. The maximum Gasteiger partial charge on any atom is 0.336 e. The van der Waals surface area contributed by atoms with Crippen molar-refractivity contribution in [2.24, 2.45) is 0 Å². The van der Waals surface area contributed by atoms with E-state index in [2.05, 4.69) is 21.2 Å². The molecule has 12 heteroatoms. The number of benzene rings is 3. The number of nitro groups is 1. The number of urea groups is 1. The fourth-order valence-corrected chi connectivity index (χ4v) is 3.92. The van der Waals surface area contributed by atoms with Crippen molar-refractivity contribution < 1.29 is 28.8 Å². The molecule has 1 aliphatic rings. The topological polar surface area (TPSA) is 136 Å². The molecule has 1 saturated heterocycles. The summed E-state index contributed by atoms with van der Waals surface area (Å²) in [6.45, 7) is 0. The number of esters is 1. The molecule has 4 rings (SSSR count). The van der Waals surface area contributed by atoms with Gasteiger partial charge < -0.3 is 4.74 Å². The lowest BCUT2D eigenvalue weighted by Crippen LogP contribution is -2.54. The Morgan fingerprint density at radius 3 is 2.50 bits per heavy atom. The molecular formula is C26H15BrClN3O7. The Bertz CT molecular complexity index is 1550. The number of amides is 4. The van der Waals surface area contributed by atoms with Crippen LogP contribution in [0.2, 0.25) is 5.02 Å². The van der Waals surface area contributed by atoms with Gasteiger partial charge in [0.1, 0.15) is 11.3 Å². The Hall–Kier alpha value is -4.61. The van der Waals surface area contributed by atoms with Crippen LogP contribution in [-0.2, 0) is 14.4 Å². The molecule has 0 bridgehead atoms. The Morgan fingerprint density at radius 1 is 1.05 bits per heavy atom. The number of nitro benzene ring substituents is 1. The van der Waals surface area contributed by atoms with E-state index in [1.807, 2.05) is 0 Å². The molecule has 4 amide bonds. The molecule has 3 aromatic rings. The van der Waals surface area contributed by atoms with Gasteiger partial charge in [0.05, 0.1) is 10.6 Å². The molecule has 0 unspecified atom stereocenters. The number of nitrogens with one attached hydrogen (secondary N) is 1. The molecule has 0 radical (unpaired) electrons. The van der Waals surface area contributed by atoms with Crippen LogP contribution in [0.5, 0.6) is 5.75 Å². The summed E-state index contributed by atoms with van der Waals surface area (Å²) in [5, 5.41) is 13.5. The van der Waals surface area contributed by atoms with Crippen LogP contribution in [0.25, 0.3) is 12.2 Å². The number of non-ortho nitro benzene ring substituents is 1. The summed E-state index contributed by atoms with van der Waals surface area (Å²) in [5.41, 5.74) is 0.291. The highest BCUT2D eigenvalue weighted by molar-refractivity contribution is 9.10. The highest BCUT2D eigenvalue weighted by atomic mass is 79.9. The lowest BCUT2D eigenvalue weighted by Gasteiger charge is -2.26.